The number of carbonyl (C=O) groups is 2. The molecule has 1 N–H and O–H groups in total. The van der Waals surface area contributed by atoms with Crippen molar-refractivity contribution >= 4 is 23.5 Å². The van der Waals surface area contributed by atoms with Gasteiger partial charge in [0.1, 0.15) is 5.60 Å². The molecule has 0 saturated heterocycles. The van der Waals surface area contributed by atoms with E-state index in [0.29, 0.717) is 17.9 Å². The zero-order valence-electron chi connectivity index (χ0n) is 11.3. The Morgan fingerprint density at radius 2 is 2.00 bits per heavy atom. The zero-order valence-corrected chi connectivity index (χ0v) is 12.0. The summed E-state index contributed by atoms with van der Waals surface area (Å²) in [7, 11) is 0. The fourth-order valence-corrected chi connectivity index (χ4v) is 2.58. The van der Waals surface area contributed by atoms with Gasteiger partial charge in [0.05, 0.1) is 0 Å². The Labute approximate surface area is 122 Å². The Hall–Kier alpha value is -1.81. The molecule has 1 aliphatic rings. The molecule has 1 atom stereocenters. The van der Waals surface area contributed by atoms with Gasteiger partial charge < -0.3 is 9.84 Å². The molecule has 5 heteroatoms. The van der Waals surface area contributed by atoms with Crippen LogP contribution in [0.3, 0.4) is 0 Å². The Morgan fingerprint density at radius 1 is 1.35 bits per heavy atom. The van der Waals surface area contributed by atoms with Crippen molar-refractivity contribution in [3.63, 3.8) is 0 Å². The van der Waals surface area contributed by atoms with Crippen LogP contribution in [-0.4, -0.2) is 22.6 Å². The molecule has 1 aliphatic carbocycles. The Morgan fingerprint density at radius 3 is 2.65 bits per heavy atom. The number of hydrogen-bond donors (Lipinski definition) is 1. The van der Waals surface area contributed by atoms with E-state index in [2.05, 4.69) is 0 Å². The standard InChI is InChI=1S/C15H15ClO4/c1-9(14(18)19)5-13(17)20-15(2)7-10-3-4-12(16)6-11(10)8-15/h3-6H,7-8H2,1-2H3,(H,18,19)/b9-5+. The first-order valence-electron chi connectivity index (χ1n) is 6.21. The number of ether oxygens (including phenoxy) is 1. The van der Waals surface area contributed by atoms with Crippen LogP contribution in [0.1, 0.15) is 25.0 Å². The van der Waals surface area contributed by atoms with Crippen LogP contribution in [0.15, 0.2) is 29.8 Å². The first-order chi connectivity index (χ1) is 9.29. The highest BCUT2D eigenvalue weighted by Crippen LogP contribution is 2.34. The molecule has 0 amide bonds. The number of carboxylic acid groups (broad SMARTS) is 1. The van der Waals surface area contributed by atoms with Crippen LogP contribution in [0, 0.1) is 0 Å². The molecule has 4 nitrogen and oxygen atoms in total. The highest BCUT2D eigenvalue weighted by Gasteiger charge is 2.36. The minimum atomic E-state index is -1.13. The second-order valence-electron chi connectivity index (χ2n) is 5.27. The molecule has 0 fully saturated rings. The second-order valence-corrected chi connectivity index (χ2v) is 5.71. The van der Waals surface area contributed by atoms with Crippen molar-refractivity contribution in [2.45, 2.75) is 32.3 Å². The first kappa shape index (κ1) is 14.6. The summed E-state index contributed by atoms with van der Waals surface area (Å²) < 4.78 is 5.42. The molecule has 0 bridgehead atoms. The molecule has 1 aromatic rings. The predicted molar refractivity (Wildman–Crippen MR) is 74.7 cm³/mol. The number of esters is 1. The van der Waals surface area contributed by atoms with E-state index in [1.165, 1.54) is 6.92 Å². The SMILES string of the molecule is C/C(=C\C(=O)OC1(C)Cc2ccc(Cl)cc2C1)C(=O)O. The fourth-order valence-electron chi connectivity index (χ4n) is 2.38. The third-order valence-electron chi connectivity index (χ3n) is 3.32. The van der Waals surface area contributed by atoms with E-state index in [1.807, 2.05) is 25.1 Å². The smallest absolute Gasteiger partial charge is 0.331 e. The maximum absolute atomic E-state index is 11.7. The molecule has 0 aliphatic heterocycles. The summed E-state index contributed by atoms with van der Waals surface area (Å²) in [6.45, 7) is 3.19. The third kappa shape index (κ3) is 3.20. The third-order valence-corrected chi connectivity index (χ3v) is 3.55. The van der Waals surface area contributed by atoms with Crippen molar-refractivity contribution in [1.29, 1.82) is 0 Å². The number of halogens is 1. The number of aliphatic carboxylic acids is 1. The van der Waals surface area contributed by atoms with Crippen molar-refractivity contribution in [3.8, 4) is 0 Å². The minimum absolute atomic E-state index is 0.0443. The fraction of sp³-hybridized carbons (Fsp3) is 0.333. The highest BCUT2D eigenvalue weighted by atomic mass is 35.5. The van der Waals surface area contributed by atoms with E-state index in [9.17, 15) is 9.59 Å². The molecular formula is C15H15ClO4. The maximum atomic E-state index is 11.7. The maximum Gasteiger partial charge on any atom is 0.331 e. The average molecular weight is 295 g/mol. The largest absolute Gasteiger partial charge is 0.478 e. The Kier molecular flexibility index (Phi) is 3.86. The molecule has 0 aromatic heterocycles. The Bertz CT molecular complexity index is 606. The first-order valence-corrected chi connectivity index (χ1v) is 6.59. The van der Waals surface area contributed by atoms with E-state index >= 15 is 0 Å². The summed E-state index contributed by atoms with van der Waals surface area (Å²) >= 11 is 5.94. The van der Waals surface area contributed by atoms with Gasteiger partial charge in [0.25, 0.3) is 0 Å². The molecule has 1 unspecified atom stereocenters. The van der Waals surface area contributed by atoms with Gasteiger partial charge in [0.15, 0.2) is 0 Å². The van der Waals surface area contributed by atoms with Crippen molar-refractivity contribution < 1.29 is 19.4 Å². The Balaban J connectivity index is 2.10. The van der Waals surface area contributed by atoms with Gasteiger partial charge in [0, 0.05) is 29.5 Å². The van der Waals surface area contributed by atoms with Crippen LogP contribution in [0.2, 0.25) is 5.02 Å². The molecule has 2 rings (SSSR count). The van der Waals surface area contributed by atoms with Gasteiger partial charge in [-0.15, -0.1) is 0 Å². The normalized spacial score (nSPS) is 21.4. The summed E-state index contributed by atoms with van der Waals surface area (Å²) in [6.07, 6.45) is 2.18. The summed E-state index contributed by atoms with van der Waals surface area (Å²) in [5, 5.41) is 9.39. The summed E-state index contributed by atoms with van der Waals surface area (Å²) in [5.41, 5.74) is 1.46. The van der Waals surface area contributed by atoms with E-state index in [1.54, 1.807) is 0 Å². The van der Waals surface area contributed by atoms with E-state index in [-0.39, 0.29) is 5.57 Å². The molecule has 1 aromatic carbocycles. The second kappa shape index (κ2) is 5.29. The van der Waals surface area contributed by atoms with Crippen LogP contribution in [0.25, 0.3) is 0 Å². The zero-order chi connectivity index (χ0) is 14.9. The van der Waals surface area contributed by atoms with Gasteiger partial charge in [-0.1, -0.05) is 17.7 Å². The van der Waals surface area contributed by atoms with Gasteiger partial charge in [-0.25, -0.2) is 9.59 Å². The van der Waals surface area contributed by atoms with Crippen LogP contribution in [0.5, 0.6) is 0 Å². The lowest BCUT2D eigenvalue weighted by Gasteiger charge is -2.23. The lowest BCUT2D eigenvalue weighted by atomic mass is 10.0. The van der Waals surface area contributed by atoms with E-state index < -0.39 is 17.5 Å². The van der Waals surface area contributed by atoms with Crippen molar-refractivity contribution in [2.24, 2.45) is 0 Å². The molecule has 0 saturated carbocycles. The van der Waals surface area contributed by atoms with Crippen molar-refractivity contribution in [3.05, 3.63) is 46.0 Å². The van der Waals surface area contributed by atoms with Gasteiger partial charge in [-0.2, -0.15) is 0 Å². The molecular weight excluding hydrogens is 280 g/mol. The number of rotatable bonds is 3. The number of carboxylic acids is 1. The molecule has 106 valence electrons. The number of carbonyl (C=O) groups excluding carboxylic acids is 1. The number of hydrogen-bond acceptors (Lipinski definition) is 3. The molecule has 0 radical (unpaired) electrons. The number of fused-ring (bicyclic) bond motifs is 1. The summed E-state index contributed by atoms with van der Waals surface area (Å²) in [5.74, 6) is -1.76. The molecule has 0 spiro atoms. The predicted octanol–water partition coefficient (Wildman–Crippen LogP) is 2.77. The topological polar surface area (TPSA) is 63.6 Å². The summed E-state index contributed by atoms with van der Waals surface area (Å²) in [6, 6.07) is 5.60. The number of benzene rings is 1. The minimum Gasteiger partial charge on any atom is -0.478 e. The highest BCUT2D eigenvalue weighted by molar-refractivity contribution is 6.30. The lowest BCUT2D eigenvalue weighted by Crippen LogP contribution is -2.32. The average Bonchev–Trinajstić information content (AvgIpc) is 2.63. The van der Waals surface area contributed by atoms with E-state index in [0.717, 1.165) is 17.2 Å². The lowest BCUT2D eigenvalue weighted by molar-refractivity contribution is -0.151. The molecule has 0 heterocycles. The van der Waals surface area contributed by atoms with Crippen molar-refractivity contribution in [2.75, 3.05) is 0 Å². The monoisotopic (exact) mass is 294 g/mol. The van der Waals surface area contributed by atoms with Gasteiger partial charge in [-0.05, 0) is 37.1 Å². The van der Waals surface area contributed by atoms with Crippen LogP contribution >= 0.6 is 11.6 Å². The molecule has 20 heavy (non-hydrogen) atoms. The quantitative estimate of drug-likeness (QED) is 0.688. The van der Waals surface area contributed by atoms with E-state index in [4.69, 9.17) is 21.4 Å². The summed E-state index contributed by atoms with van der Waals surface area (Å²) in [4.78, 5) is 22.4. The van der Waals surface area contributed by atoms with Gasteiger partial charge >= 0.3 is 11.9 Å². The van der Waals surface area contributed by atoms with Crippen LogP contribution in [-0.2, 0) is 27.2 Å². The van der Waals surface area contributed by atoms with Crippen LogP contribution in [0.4, 0.5) is 0 Å². The van der Waals surface area contributed by atoms with Gasteiger partial charge in [-0.3, -0.25) is 0 Å². The van der Waals surface area contributed by atoms with Crippen molar-refractivity contribution in [1.82, 2.24) is 0 Å². The van der Waals surface area contributed by atoms with Gasteiger partial charge in [0.2, 0.25) is 0 Å². The van der Waals surface area contributed by atoms with Crippen LogP contribution < -0.4 is 0 Å².